The van der Waals surface area contributed by atoms with E-state index >= 15 is 0 Å². The number of carboxylic acids is 1. The standard InChI is InChI=1S/C16H27NO4/c1-15(2)11-17(12-16(21-15)9-5-6-10-16)13(18)7-3-4-8-14(19)20/h3-12H2,1-2H3,(H,19,20). The molecule has 2 fully saturated rings. The van der Waals surface area contributed by atoms with E-state index in [2.05, 4.69) is 13.8 Å². The van der Waals surface area contributed by atoms with Crippen LogP contribution in [0.2, 0.25) is 0 Å². The molecule has 2 rings (SSSR count). The summed E-state index contributed by atoms with van der Waals surface area (Å²) in [5.74, 6) is -0.650. The van der Waals surface area contributed by atoms with Crippen LogP contribution in [0, 0.1) is 0 Å². The zero-order valence-electron chi connectivity index (χ0n) is 13.2. The van der Waals surface area contributed by atoms with E-state index in [0.717, 1.165) is 12.8 Å². The molecule has 120 valence electrons. The first-order valence-electron chi connectivity index (χ1n) is 8.02. The topological polar surface area (TPSA) is 66.8 Å². The predicted octanol–water partition coefficient (Wildman–Crippen LogP) is 2.58. The normalized spacial score (nSPS) is 23.4. The smallest absolute Gasteiger partial charge is 0.303 e. The number of amides is 1. The Morgan fingerprint density at radius 3 is 2.33 bits per heavy atom. The van der Waals surface area contributed by atoms with E-state index < -0.39 is 5.97 Å². The first-order valence-corrected chi connectivity index (χ1v) is 8.02. The summed E-state index contributed by atoms with van der Waals surface area (Å²) < 4.78 is 6.29. The molecule has 0 unspecified atom stereocenters. The summed E-state index contributed by atoms with van der Waals surface area (Å²) in [6, 6.07) is 0. The van der Waals surface area contributed by atoms with Crippen LogP contribution in [-0.4, -0.2) is 46.2 Å². The Labute approximate surface area is 126 Å². The third-order valence-electron chi connectivity index (χ3n) is 4.44. The fraction of sp³-hybridized carbons (Fsp3) is 0.875. The molecule has 1 N–H and O–H groups in total. The fourth-order valence-electron chi connectivity index (χ4n) is 3.68. The Balaban J connectivity index is 1.89. The number of aliphatic carboxylic acids is 1. The number of unbranched alkanes of at least 4 members (excludes halogenated alkanes) is 1. The van der Waals surface area contributed by atoms with Crippen molar-refractivity contribution in [3.63, 3.8) is 0 Å². The molecule has 1 amide bonds. The highest BCUT2D eigenvalue weighted by Crippen LogP contribution is 2.40. The molecule has 1 aliphatic heterocycles. The van der Waals surface area contributed by atoms with Crippen LogP contribution in [0.3, 0.4) is 0 Å². The molecule has 5 nitrogen and oxygen atoms in total. The summed E-state index contributed by atoms with van der Waals surface area (Å²) in [6.45, 7) is 5.44. The second kappa shape index (κ2) is 6.34. The number of rotatable bonds is 5. The van der Waals surface area contributed by atoms with E-state index in [0.29, 0.717) is 32.4 Å². The van der Waals surface area contributed by atoms with E-state index in [9.17, 15) is 9.59 Å². The molecule has 0 aromatic heterocycles. The highest BCUT2D eigenvalue weighted by Gasteiger charge is 2.46. The summed E-state index contributed by atoms with van der Waals surface area (Å²) in [4.78, 5) is 24.8. The second-order valence-electron chi connectivity index (χ2n) is 7.10. The maximum atomic E-state index is 12.4. The minimum atomic E-state index is -0.792. The Bertz CT molecular complexity index is 399. The zero-order valence-corrected chi connectivity index (χ0v) is 13.2. The summed E-state index contributed by atoms with van der Waals surface area (Å²) in [5.41, 5.74) is -0.433. The maximum Gasteiger partial charge on any atom is 0.303 e. The Morgan fingerprint density at radius 2 is 1.71 bits per heavy atom. The third-order valence-corrected chi connectivity index (χ3v) is 4.44. The van der Waals surface area contributed by atoms with Crippen LogP contribution >= 0.6 is 0 Å². The van der Waals surface area contributed by atoms with Crippen molar-refractivity contribution in [3.8, 4) is 0 Å². The molecule has 5 heteroatoms. The van der Waals surface area contributed by atoms with Crippen molar-refractivity contribution in [1.29, 1.82) is 0 Å². The third kappa shape index (κ3) is 4.43. The molecular formula is C16H27NO4. The van der Waals surface area contributed by atoms with Gasteiger partial charge in [0.05, 0.1) is 11.2 Å². The van der Waals surface area contributed by atoms with Gasteiger partial charge in [0, 0.05) is 25.9 Å². The second-order valence-corrected chi connectivity index (χ2v) is 7.10. The van der Waals surface area contributed by atoms with Crippen LogP contribution in [0.1, 0.15) is 65.2 Å². The van der Waals surface area contributed by atoms with Crippen LogP contribution in [0.4, 0.5) is 0 Å². The van der Waals surface area contributed by atoms with Crippen molar-refractivity contribution in [1.82, 2.24) is 4.90 Å². The summed E-state index contributed by atoms with van der Waals surface area (Å²) in [6.07, 6.45) is 6.24. The lowest BCUT2D eigenvalue weighted by Crippen LogP contribution is -2.60. The molecule has 21 heavy (non-hydrogen) atoms. The van der Waals surface area contributed by atoms with E-state index in [-0.39, 0.29) is 23.5 Å². The highest BCUT2D eigenvalue weighted by atomic mass is 16.5. The summed E-state index contributed by atoms with van der Waals surface area (Å²) >= 11 is 0. The molecule has 1 saturated carbocycles. The van der Waals surface area contributed by atoms with Crippen molar-refractivity contribution in [2.75, 3.05) is 13.1 Å². The summed E-state index contributed by atoms with van der Waals surface area (Å²) in [5, 5.41) is 8.62. The van der Waals surface area contributed by atoms with Gasteiger partial charge in [0.2, 0.25) is 5.91 Å². The minimum Gasteiger partial charge on any atom is -0.481 e. The van der Waals surface area contributed by atoms with Gasteiger partial charge < -0.3 is 14.7 Å². The monoisotopic (exact) mass is 297 g/mol. The Hall–Kier alpha value is -1.10. The first-order chi connectivity index (χ1) is 9.82. The SMILES string of the molecule is CC1(C)CN(C(=O)CCCCC(=O)O)CC2(CCCC2)O1. The number of carbonyl (C=O) groups is 2. The van der Waals surface area contributed by atoms with E-state index in [4.69, 9.17) is 9.84 Å². The van der Waals surface area contributed by atoms with Gasteiger partial charge in [-0.15, -0.1) is 0 Å². The number of ether oxygens (including phenoxy) is 1. The lowest BCUT2D eigenvalue weighted by Gasteiger charge is -2.48. The fourth-order valence-corrected chi connectivity index (χ4v) is 3.68. The largest absolute Gasteiger partial charge is 0.481 e. The molecule has 0 aromatic rings. The molecule has 1 saturated heterocycles. The lowest BCUT2D eigenvalue weighted by molar-refractivity contribution is -0.198. The van der Waals surface area contributed by atoms with Crippen LogP contribution in [0.15, 0.2) is 0 Å². The van der Waals surface area contributed by atoms with Gasteiger partial charge in [-0.3, -0.25) is 9.59 Å². The molecule has 2 aliphatic rings. The zero-order chi connectivity index (χ0) is 15.5. The van der Waals surface area contributed by atoms with Gasteiger partial charge in [0.25, 0.3) is 0 Å². The highest BCUT2D eigenvalue weighted by molar-refractivity contribution is 5.76. The molecule has 1 aliphatic carbocycles. The average Bonchev–Trinajstić information content (AvgIpc) is 2.79. The predicted molar refractivity (Wildman–Crippen MR) is 79.0 cm³/mol. The van der Waals surface area contributed by atoms with Gasteiger partial charge in [0.15, 0.2) is 0 Å². The number of nitrogens with zero attached hydrogens (tertiary/aromatic N) is 1. The maximum absolute atomic E-state index is 12.4. The van der Waals surface area contributed by atoms with Crippen LogP contribution < -0.4 is 0 Å². The molecule has 0 radical (unpaired) electrons. The molecule has 1 heterocycles. The molecule has 1 spiro atoms. The number of morpholine rings is 1. The van der Waals surface area contributed by atoms with Crippen molar-refractivity contribution in [3.05, 3.63) is 0 Å². The molecule has 0 aromatic carbocycles. The van der Waals surface area contributed by atoms with Crippen LogP contribution in [0.5, 0.6) is 0 Å². The van der Waals surface area contributed by atoms with E-state index in [1.807, 2.05) is 4.90 Å². The van der Waals surface area contributed by atoms with Crippen LogP contribution in [-0.2, 0) is 14.3 Å². The molecule has 0 atom stereocenters. The Morgan fingerprint density at radius 1 is 1.10 bits per heavy atom. The minimum absolute atomic E-state index is 0.140. The number of carbonyl (C=O) groups excluding carboxylic acids is 1. The first kappa shape index (κ1) is 16.3. The number of hydrogen-bond acceptors (Lipinski definition) is 3. The van der Waals surface area contributed by atoms with Gasteiger partial charge in [0.1, 0.15) is 0 Å². The van der Waals surface area contributed by atoms with Crippen molar-refractivity contribution in [2.24, 2.45) is 0 Å². The van der Waals surface area contributed by atoms with Crippen molar-refractivity contribution >= 4 is 11.9 Å². The van der Waals surface area contributed by atoms with E-state index in [1.54, 1.807) is 0 Å². The Kier molecular flexibility index (Phi) is 4.91. The number of carboxylic acid groups (broad SMARTS) is 1. The van der Waals surface area contributed by atoms with Gasteiger partial charge in [-0.25, -0.2) is 0 Å². The van der Waals surface area contributed by atoms with Gasteiger partial charge >= 0.3 is 5.97 Å². The van der Waals surface area contributed by atoms with Gasteiger partial charge in [-0.2, -0.15) is 0 Å². The lowest BCUT2D eigenvalue weighted by atomic mass is 9.93. The molecule has 0 bridgehead atoms. The van der Waals surface area contributed by atoms with Crippen molar-refractivity contribution < 1.29 is 19.4 Å². The van der Waals surface area contributed by atoms with Crippen molar-refractivity contribution in [2.45, 2.75) is 76.4 Å². The van der Waals surface area contributed by atoms with E-state index in [1.165, 1.54) is 12.8 Å². The quantitative estimate of drug-likeness (QED) is 0.792. The van der Waals surface area contributed by atoms with Gasteiger partial charge in [-0.1, -0.05) is 12.8 Å². The van der Waals surface area contributed by atoms with Gasteiger partial charge in [-0.05, 0) is 39.5 Å². The number of hydrogen-bond donors (Lipinski definition) is 1. The summed E-state index contributed by atoms with van der Waals surface area (Å²) in [7, 11) is 0. The molecular weight excluding hydrogens is 270 g/mol. The van der Waals surface area contributed by atoms with Crippen LogP contribution in [0.25, 0.3) is 0 Å². The average molecular weight is 297 g/mol.